The molecular weight excluding hydrogens is 238 g/mol. The summed E-state index contributed by atoms with van der Waals surface area (Å²) >= 11 is 6.27. The van der Waals surface area contributed by atoms with Crippen molar-refractivity contribution in [2.24, 2.45) is 12.8 Å². The monoisotopic (exact) mass is 257 g/mol. The lowest BCUT2D eigenvalue weighted by Crippen LogP contribution is -2.42. The minimum Gasteiger partial charge on any atom is -0.381 e. The predicted molar refractivity (Wildman–Crippen MR) is 68.2 cm³/mol. The number of hydrogen-bond donors (Lipinski definition) is 1. The van der Waals surface area contributed by atoms with Crippen molar-refractivity contribution in [3.05, 3.63) is 16.4 Å². The zero-order valence-electron chi connectivity index (χ0n) is 10.5. The molecule has 1 aromatic rings. The summed E-state index contributed by atoms with van der Waals surface area (Å²) in [5.41, 5.74) is 8.16. The zero-order chi connectivity index (χ0) is 12.5. The lowest BCUT2D eigenvalue weighted by atomic mass is 9.87. The summed E-state index contributed by atoms with van der Waals surface area (Å²) in [6.45, 7) is 3.48. The summed E-state index contributed by atoms with van der Waals surface area (Å²) < 4.78 is 7.30. The molecule has 1 aromatic heterocycles. The van der Waals surface area contributed by atoms with Crippen LogP contribution in [0, 0.1) is 6.92 Å². The molecule has 2 N–H and O–H groups in total. The summed E-state index contributed by atoms with van der Waals surface area (Å²) in [6, 6.07) is 0. The minimum atomic E-state index is -0.208. The molecule has 1 atom stereocenters. The number of rotatable bonds is 2. The van der Waals surface area contributed by atoms with Gasteiger partial charge in [0.15, 0.2) is 0 Å². The molecule has 1 saturated heterocycles. The Morgan fingerprint density at radius 1 is 1.47 bits per heavy atom. The average Bonchev–Trinajstić information content (AvgIpc) is 2.48. The van der Waals surface area contributed by atoms with E-state index in [1.165, 1.54) is 0 Å². The molecule has 0 bridgehead atoms. The van der Waals surface area contributed by atoms with Crippen LogP contribution in [0.2, 0.25) is 5.02 Å². The lowest BCUT2D eigenvalue weighted by molar-refractivity contribution is 0.139. The van der Waals surface area contributed by atoms with Crippen molar-refractivity contribution < 1.29 is 4.74 Å². The van der Waals surface area contributed by atoms with Crippen LogP contribution in [0.15, 0.2) is 0 Å². The van der Waals surface area contributed by atoms with Gasteiger partial charge in [-0.05, 0) is 26.2 Å². The molecule has 0 radical (unpaired) electrons. The molecule has 2 heterocycles. The first-order valence-corrected chi connectivity index (χ1v) is 6.44. The molecule has 0 amide bonds. The Labute approximate surface area is 107 Å². The van der Waals surface area contributed by atoms with Crippen molar-refractivity contribution in [2.75, 3.05) is 13.2 Å². The zero-order valence-corrected chi connectivity index (χ0v) is 11.3. The average molecular weight is 258 g/mol. The first-order valence-electron chi connectivity index (χ1n) is 6.06. The van der Waals surface area contributed by atoms with E-state index >= 15 is 0 Å². The Balaban J connectivity index is 2.18. The standard InChI is InChI=1S/C12H20ClN3O/c1-9-11(13)10(16(2)15-9)8-12(14)4-3-6-17-7-5-12/h3-8,14H2,1-2H3. The molecule has 1 aliphatic heterocycles. The van der Waals surface area contributed by atoms with E-state index in [0.29, 0.717) is 0 Å². The second kappa shape index (κ2) is 4.96. The first-order chi connectivity index (χ1) is 8.02. The largest absolute Gasteiger partial charge is 0.381 e. The smallest absolute Gasteiger partial charge is 0.0847 e. The maximum Gasteiger partial charge on any atom is 0.0847 e. The van der Waals surface area contributed by atoms with Crippen molar-refractivity contribution >= 4 is 11.6 Å². The van der Waals surface area contributed by atoms with E-state index in [1.807, 2.05) is 18.7 Å². The van der Waals surface area contributed by atoms with Gasteiger partial charge in [-0.2, -0.15) is 5.10 Å². The number of halogens is 1. The van der Waals surface area contributed by atoms with Gasteiger partial charge in [-0.25, -0.2) is 0 Å². The van der Waals surface area contributed by atoms with Crippen LogP contribution in [-0.2, 0) is 18.2 Å². The molecule has 2 rings (SSSR count). The summed E-state index contributed by atoms with van der Waals surface area (Å²) in [4.78, 5) is 0. The molecule has 17 heavy (non-hydrogen) atoms. The number of nitrogens with two attached hydrogens (primary N) is 1. The summed E-state index contributed by atoms with van der Waals surface area (Å²) in [6.07, 6.45) is 3.65. The number of hydrogen-bond acceptors (Lipinski definition) is 3. The van der Waals surface area contributed by atoms with Crippen molar-refractivity contribution in [3.63, 3.8) is 0 Å². The van der Waals surface area contributed by atoms with Gasteiger partial charge < -0.3 is 10.5 Å². The molecule has 1 fully saturated rings. The van der Waals surface area contributed by atoms with Crippen LogP contribution in [0.3, 0.4) is 0 Å². The fourth-order valence-electron chi connectivity index (χ4n) is 2.41. The van der Waals surface area contributed by atoms with Gasteiger partial charge in [0.2, 0.25) is 0 Å². The molecule has 96 valence electrons. The Kier molecular flexibility index (Phi) is 3.76. The fourth-order valence-corrected chi connectivity index (χ4v) is 2.64. The maximum atomic E-state index is 6.46. The number of nitrogens with zero attached hydrogens (tertiary/aromatic N) is 2. The van der Waals surface area contributed by atoms with E-state index in [-0.39, 0.29) is 5.54 Å². The first kappa shape index (κ1) is 12.9. The Morgan fingerprint density at radius 3 is 2.88 bits per heavy atom. The SMILES string of the molecule is Cc1nn(C)c(CC2(N)CCCOCC2)c1Cl. The fraction of sp³-hybridized carbons (Fsp3) is 0.750. The van der Waals surface area contributed by atoms with E-state index in [4.69, 9.17) is 22.1 Å². The van der Waals surface area contributed by atoms with Crippen LogP contribution in [0.5, 0.6) is 0 Å². The van der Waals surface area contributed by atoms with E-state index in [0.717, 1.165) is 55.3 Å². The highest BCUT2D eigenvalue weighted by atomic mass is 35.5. The van der Waals surface area contributed by atoms with Crippen molar-refractivity contribution in [1.82, 2.24) is 9.78 Å². The van der Waals surface area contributed by atoms with Crippen LogP contribution >= 0.6 is 11.6 Å². The topological polar surface area (TPSA) is 53.1 Å². The third kappa shape index (κ3) is 2.81. The molecule has 0 saturated carbocycles. The van der Waals surface area contributed by atoms with Gasteiger partial charge in [-0.3, -0.25) is 4.68 Å². The molecule has 1 aliphatic rings. The molecule has 0 spiro atoms. The highest BCUT2D eigenvalue weighted by Gasteiger charge is 2.29. The highest BCUT2D eigenvalue weighted by Crippen LogP contribution is 2.28. The van der Waals surface area contributed by atoms with Gasteiger partial charge in [-0.15, -0.1) is 0 Å². The lowest BCUT2D eigenvalue weighted by Gasteiger charge is -2.27. The highest BCUT2D eigenvalue weighted by molar-refractivity contribution is 6.31. The van der Waals surface area contributed by atoms with E-state index in [1.54, 1.807) is 0 Å². The molecular formula is C12H20ClN3O. The molecule has 1 unspecified atom stereocenters. The summed E-state index contributed by atoms with van der Waals surface area (Å²) in [5, 5.41) is 5.08. The number of aromatic nitrogens is 2. The van der Waals surface area contributed by atoms with Crippen LogP contribution in [0.4, 0.5) is 0 Å². The molecule has 5 heteroatoms. The third-order valence-corrected chi connectivity index (χ3v) is 3.98. The van der Waals surface area contributed by atoms with Crippen LogP contribution in [0.25, 0.3) is 0 Å². The Morgan fingerprint density at radius 2 is 2.24 bits per heavy atom. The second-order valence-electron chi connectivity index (χ2n) is 4.97. The number of aryl methyl sites for hydroxylation is 2. The van der Waals surface area contributed by atoms with Gasteiger partial charge in [0.1, 0.15) is 0 Å². The third-order valence-electron chi connectivity index (χ3n) is 3.49. The quantitative estimate of drug-likeness (QED) is 0.879. The molecule has 0 aromatic carbocycles. The minimum absolute atomic E-state index is 0.208. The summed E-state index contributed by atoms with van der Waals surface area (Å²) in [5.74, 6) is 0. The van der Waals surface area contributed by atoms with Crippen molar-refractivity contribution in [3.8, 4) is 0 Å². The normalized spacial score (nSPS) is 25.9. The number of ether oxygens (including phenoxy) is 1. The van der Waals surface area contributed by atoms with Crippen LogP contribution in [-0.4, -0.2) is 28.5 Å². The van der Waals surface area contributed by atoms with E-state index in [9.17, 15) is 0 Å². The van der Waals surface area contributed by atoms with Gasteiger partial charge >= 0.3 is 0 Å². The Hall–Kier alpha value is -0.580. The van der Waals surface area contributed by atoms with Gasteiger partial charge in [0, 0.05) is 32.2 Å². The summed E-state index contributed by atoms with van der Waals surface area (Å²) in [7, 11) is 1.92. The molecule has 0 aliphatic carbocycles. The second-order valence-corrected chi connectivity index (χ2v) is 5.35. The predicted octanol–water partition coefficient (Wildman–Crippen LogP) is 1.82. The maximum absolute atomic E-state index is 6.46. The van der Waals surface area contributed by atoms with Gasteiger partial charge in [0.05, 0.1) is 16.4 Å². The van der Waals surface area contributed by atoms with Gasteiger partial charge in [0.25, 0.3) is 0 Å². The van der Waals surface area contributed by atoms with Crippen molar-refractivity contribution in [1.29, 1.82) is 0 Å². The van der Waals surface area contributed by atoms with Crippen LogP contribution in [0.1, 0.15) is 30.7 Å². The van der Waals surface area contributed by atoms with E-state index < -0.39 is 0 Å². The molecule has 4 nitrogen and oxygen atoms in total. The van der Waals surface area contributed by atoms with Crippen LogP contribution < -0.4 is 5.73 Å². The van der Waals surface area contributed by atoms with E-state index in [2.05, 4.69) is 5.10 Å². The van der Waals surface area contributed by atoms with Gasteiger partial charge in [-0.1, -0.05) is 11.6 Å². The Bertz CT molecular complexity index is 395. The van der Waals surface area contributed by atoms with Crippen molar-refractivity contribution in [2.45, 2.75) is 38.1 Å².